The lowest BCUT2D eigenvalue weighted by Gasteiger charge is -2.01. The van der Waals surface area contributed by atoms with Crippen LogP contribution in [0.4, 0.5) is 0 Å². The van der Waals surface area contributed by atoms with Gasteiger partial charge in [0, 0.05) is 16.1 Å². The zero-order chi connectivity index (χ0) is 19.7. The molecule has 0 saturated carbocycles. The summed E-state index contributed by atoms with van der Waals surface area (Å²) >= 11 is 19.1. The topological polar surface area (TPSA) is 58.9 Å². The zero-order valence-corrected chi connectivity index (χ0v) is 17.7. The van der Waals surface area contributed by atoms with Crippen molar-refractivity contribution in [3.8, 4) is 21.3 Å². The molecule has 2 heterocycles. The third-order valence-electron chi connectivity index (χ3n) is 3.95. The van der Waals surface area contributed by atoms with Crippen LogP contribution in [0.15, 0.2) is 53.6 Å². The summed E-state index contributed by atoms with van der Waals surface area (Å²) in [5.41, 5.74) is 2.64. The van der Waals surface area contributed by atoms with E-state index in [1.54, 1.807) is 40.4 Å². The number of nitrogens with one attached hydrogen (secondary N) is 1. The number of hydrogen-bond acceptors (Lipinski definition) is 5. The Kier molecular flexibility index (Phi) is 5.41. The molecule has 0 aliphatic rings. The van der Waals surface area contributed by atoms with E-state index < -0.39 is 0 Å². The highest BCUT2D eigenvalue weighted by molar-refractivity contribution is 7.71. The first kappa shape index (κ1) is 19.0. The van der Waals surface area contributed by atoms with Crippen molar-refractivity contribution in [3.05, 3.63) is 74.6 Å². The molecule has 1 N–H and O–H groups in total. The quantitative estimate of drug-likeness (QED) is 0.299. The van der Waals surface area contributed by atoms with Gasteiger partial charge in [-0.3, -0.25) is 0 Å². The lowest BCUT2D eigenvalue weighted by Crippen LogP contribution is -1.95. The van der Waals surface area contributed by atoms with E-state index in [-0.39, 0.29) is 0 Å². The van der Waals surface area contributed by atoms with Crippen molar-refractivity contribution in [2.24, 2.45) is 5.10 Å². The van der Waals surface area contributed by atoms with Crippen LogP contribution in [0.1, 0.15) is 11.3 Å². The second-order valence-electron chi connectivity index (χ2n) is 5.87. The van der Waals surface area contributed by atoms with Crippen LogP contribution in [-0.2, 0) is 0 Å². The van der Waals surface area contributed by atoms with E-state index in [1.165, 1.54) is 0 Å². The normalized spacial score (nSPS) is 11.4. The third kappa shape index (κ3) is 3.79. The van der Waals surface area contributed by atoms with Crippen molar-refractivity contribution < 1.29 is 0 Å². The highest BCUT2D eigenvalue weighted by atomic mass is 35.5. The number of benzene rings is 2. The minimum atomic E-state index is 0.380. The Morgan fingerprint density at radius 1 is 1.18 bits per heavy atom. The number of nitrogens with zero attached hydrogens (tertiary/aromatic N) is 4. The van der Waals surface area contributed by atoms with Crippen LogP contribution in [-0.4, -0.2) is 26.1 Å². The van der Waals surface area contributed by atoms with Gasteiger partial charge in [0.15, 0.2) is 5.82 Å². The molecule has 28 heavy (non-hydrogen) atoms. The Hall–Kier alpha value is -2.32. The van der Waals surface area contributed by atoms with E-state index >= 15 is 0 Å². The Bertz CT molecular complexity index is 1220. The fourth-order valence-electron chi connectivity index (χ4n) is 2.58. The third-order valence-corrected chi connectivity index (χ3v) is 5.97. The van der Waals surface area contributed by atoms with Gasteiger partial charge >= 0.3 is 0 Å². The Labute approximate surface area is 180 Å². The predicted molar refractivity (Wildman–Crippen MR) is 118 cm³/mol. The van der Waals surface area contributed by atoms with Crippen molar-refractivity contribution in [3.63, 3.8) is 0 Å². The second kappa shape index (κ2) is 7.97. The number of aryl methyl sites for hydroxylation is 1. The molecule has 0 aliphatic carbocycles. The number of hydrogen-bond donors (Lipinski definition) is 1. The zero-order valence-electron chi connectivity index (χ0n) is 14.6. The highest BCUT2D eigenvalue weighted by Crippen LogP contribution is 2.34. The number of H-pyrrole nitrogens is 1. The van der Waals surface area contributed by atoms with Crippen LogP contribution in [0.2, 0.25) is 10.0 Å². The van der Waals surface area contributed by atoms with E-state index in [9.17, 15) is 0 Å². The van der Waals surface area contributed by atoms with Gasteiger partial charge in [-0.2, -0.15) is 14.9 Å². The monoisotopic (exact) mass is 445 g/mol. The van der Waals surface area contributed by atoms with E-state index in [0.29, 0.717) is 20.6 Å². The summed E-state index contributed by atoms with van der Waals surface area (Å²) in [5.74, 6) is 0.600. The maximum absolute atomic E-state index is 6.22. The Morgan fingerprint density at radius 2 is 1.96 bits per heavy atom. The number of aromatic amines is 1. The van der Waals surface area contributed by atoms with Crippen LogP contribution >= 0.6 is 46.8 Å². The summed E-state index contributed by atoms with van der Waals surface area (Å²) in [6.45, 7) is 1.94. The van der Waals surface area contributed by atoms with Crippen LogP contribution in [0.3, 0.4) is 0 Å². The molecule has 0 amide bonds. The number of rotatable bonds is 4. The maximum atomic E-state index is 6.22. The Morgan fingerprint density at radius 3 is 2.71 bits per heavy atom. The van der Waals surface area contributed by atoms with E-state index in [0.717, 1.165) is 26.7 Å². The molecule has 0 atom stereocenters. The summed E-state index contributed by atoms with van der Waals surface area (Å²) in [6.07, 6.45) is 1.63. The van der Waals surface area contributed by atoms with E-state index in [1.807, 2.05) is 37.3 Å². The molecule has 0 bridgehead atoms. The van der Waals surface area contributed by atoms with Gasteiger partial charge in [-0.05, 0) is 31.3 Å². The van der Waals surface area contributed by atoms with E-state index in [4.69, 9.17) is 35.4 Å². The molecule has 2 aromatic heterocycles. The molecule has 0 unspecified atom stereocenters. The lowest BCUT2D eigenvalue weighted by molar-refractivity contribution is 0.872. The van der Waals surface area contributed by atoms with Crippen molar-refractivity contribution >= 4 is 53.0 Å². The second-order valence-corrected chi connectivity index (χ2v) is 8.10. The van der Waals surface area contributed by atoms with Crippen LogP contribution < -0.4 is 0 Å². The van der Waals surface area contributed by atoms with Gasteiger partial charge in [0.25, 0.3) is 0 Å². The molecule has 0 aliphatic heterocycles. The fourth-order valence-corrected chi connectivity index (χ4v) is 4.26. The van der Waals surface area contributed by atoms with Gasteiger partial charge in [0.1, 0.15) is 5.01 Å². The van der Waals surface area contributed by atoms with Crippen molar-refractivity contribution in [2.75, 3.05) is 0 Å². The summed E-state index contributed by atoms with van der Waals surface area (Å²) in [5, 5.41) is 13.6. The minimum Gasteiger partial charge on any atom is -0.250 e. The molecule has 5 nitrogen and oxygen atoms in total. The largest absolute Gasteiger partial charge is 0.250 e. The highest BCUT2D eigenvalue weighted by Gasteiger charge is 2.17. The molecule has 0 spiro atoms. The van der Waals surface area contributed by atoms with Gasteiger partial charge in [-0.25, -0.2) is 10.1 Å². The summed E-state index contributed by atoms with van der Waals surface area (Å²) in [7, 11) is 0. The van der Waals surface area contributed by atoms with Gasteiger partial charge < -0.3 is 0 Å². The van der Waals surface area contributed by atoms with Crippen molar-refractivity contribution in [2.45, 2.75) is 6.92 Å². The SMILES string of the molecule is Cc1nc(-c2ccccc2)sc1-c1n[nH]c(=S)n1/N=C/c1ccc(Cl)cc1Cl. The first-order chi connectivity index (χ1) is 13.5. The fraction of sp³-hybridized carbons (Fsp3) is 0.0526. The van der Waals surface area contributed by atoms with Crippen LogP contribution in [0.25, 0.3) is 21.3 Å². The molecule has 9 heteroatoms. The minimum absolute atomic E-state index is 0.380. The van der Waals surface area contributed by atoms with Gasteiger partial charge in [0.2, 0.25) is 4.77 Å². The first-order valence-corrected chi connectivity index (χ1v) is 10.2. The molecular weight excluding hydrogens is 433 g/mol. The average molecular weight is 446 g/mol. The summed E-state index contributed by atoms with van der Waals surface area (Å²) in [6, 6.07) is 15.2. The summed E-state index contributed by atoms with van der Waals surface area (Å²) < 4.78 is 1.95. The predicted octanol–water partition coefficient (Wildman–Crippen LogP) is 6.23. The number of aromatic nitrogens is 4. The van der Waals surface area contributed by atoms with Crippen molar-refractivity contribution in [1.82, 2.24) is 19.9 Å². The van der Waals surface area contributed by atoms with Crippen LogP contribution in [0.5, 0.6) is 0 Å². The smallest absolute Gasteiger partial charge is 0.216 e. The molecule has 0 saturated heterocycles. The molecular formula is C19H13Cl2N5S2. The standard InChI is InChI=1S/C19H13Cl2N5S2/c1-11-16(28-18(23-11)12-5-3-2-4-6-12)17-24-25-19(27)26(17)22-10-13-7-8-14(20)9-15(13)21/h2-10H,1H3,(H,25,27)/b22-10+. The maximum Gasteiger partial charge on any atom is 0.216 e. The molecule has 2 aromatic carbocycles. The molecule has 0 fully saturated rings. The van der Waals surface area contributed by atoms with Crippen molar-refractivity contribution in [1.29, 1.82) is 0 Å². The average Bonchev–Trinajstić information content (AvgIpc) is 3.24. The van der Waals surface area contributed by atoms with Gasteiger partial charge in [0.05, 0.1) is 21.8 Å². The van der Waals surface area contributed by atoms with Crippen LogP contribution in [0, 0.1) is 11.7 Å². The van der Waals surface area contributed by atoms with Gasteiger partial charge in [-0.15, -0.1) is 11.3 Å². The molecule has 4 aromatic rings. The lowest BCUT2D eigenvalue weighted by atomic mass is 10.2. The van der Waals surface area contributed by atoms with E-state index in [2.05, 4.69) is 20.3 Å². The first-order valence-electron chi connectivity index (χ1n) is 8.23. The number of halogens is 2. The molecule has 140 valence electrons. The summed E-state index contributed by atoms with van der Waals surface area (Å²) in [4.78, 5) is 5.57. The molecule has 4 rings (SSSR count). The number of thiazole rings is 1. The molecule has 0 radical (unpaired) electrons. The van der Waals surface area contributed by atoms with Gasteiger partial charge in [-0.1, -0.05) is 59.6 Å². The Balaban J connectivity index is 1.74.